The molecule has 4 aromatic heterocycles. The van der Waals surface area contributed by atoms with Crippen LogP contribution < -0.4 is 21.3 Å². The van der Waals surface area contributed by atoms with E-state index in [9.17, 15) is 19.2 Å². The van der Waals surface area contributed by atoms with Crippen molar-refractivity contribution >= 4 is 41.0 Å². The van der Waals surface area contributed by atoms with Crippen LogP contribution >= 0.6 is 0 Å². The first-order valence-corrected chi connectivity index (χ1v) is 11.6. The SMILES string of the molecule is Cn1ccc(NC(=O)c2nc(NC(=O)CCNC(=O)c3ccc(NC(=O)c4nccn4C)n3C)cn2C)c1. The lowest BCUT2D eigenvalue weighted by Crippen LogP contribution is -2.29. The Balaban J connectivity index is 1.26. The Bertz CT molecular complexity index is 1510. The predicted octanol–water partition coefficient (Wildman–Crippen LogP) is 1.09. The zero-order chi connectivity index (χ0) is 27.4. The number of hydrogen-bond acceptors (Lipinski definition) is 6. The molecule has 0 atom stereocenters. The van der Waals surface area contributed by atoms with Gasteiger partial charge in [-0.05, 0) is 18.2 Å². The number of carbonyl (C=O) groups excluding carboxylic acids is 4. The molecule has 0 aliphatic carbocycles. The largest absolute Gasteiger partial charge is 0.355 e. The van der Waals surface area contributed by atoms with Gasteiger partial charge in [0.25, 0.3) is 17.7 Å². The molecule has 0 aliphatic heterocycles. The van der Waals surface area contributed by atoms with Crippen molar-refractivity contribution < 1.29 is 19.2 Å². The first-order chi connectivity index (χ1) is 18.1. The highest BCUT2D eigenvalue weighted by Gasteiger charge is 2.18. The second-order valence-electron chi connectivity index (χ2n) is 8.61. The molecule has 0 aliphatic rings. The van der Waals surface area contributed by atoms with Crippen molar-refractivity contribution in [2.45, 2.75) is 6.42 Å². The molecular formula is C24H28N10O4. The van der Waals surface area contributed by atoms with E-state index in [1.54, 1.807) is 67.1 Å². The topological polar surface area (TPSA) is 162 Å². The molecule has 0 spiro atoms. The van der Waals surface area contributed by atoms with Crippen LogP contribution in [0.1, 0.15) is 38.1 Å². The molecule has 0 unspecified atom stereocenters. The van der Waals surface area contributed by atoms with E-state index in [1.165, 1.54) is 21.5 Å². The van der Waals surface area contributed by atoms with Gasteiger partial charge in [-0.2, -0.15) is 0 Å². The van der Waals surface area contributed by atoms with Crippen LogP contribution in [-0.4, -0.2) is 58.4 Å². The molecule has 0 fully saturated rings. The van der Waals surface area contributed by atoms with Gasteiger partial charge in [-0.25, -0.2) is 9.97 Å². The number of aromatic nitrogens is 6. The Morgan fingerprint density at radius 3 is 2.26 bits per heavy atom. The van der Waals surface area contributed by atoms with Gasteiger partial charge in [0, 0.05) is 72.1 Å². The Hall–Kier alpha value is -5.14. The first-order valence-electron chi connectivity index (χ1n) is 11.6. The molecule has 0 aromatic carbocycles. The van der Waals surface area contributed by atoms with Gasteiger partial charge >= 0.3 is 0 Å². The second kappa shape index (κ2) is 10.9. The van der Waals surface area contributed by atoms with E-state index in [0.717, 1.165) is 0 Å². The lowest BCUT2D eigenvalue weighted by molar-refractivity contribution is -0.116. The molecule has 0 saturated carbocycles. The van der Waals surface area contributed by atoms with Crippen LogP contribution in [0.3, 0.4) is 0 Å². The summed E-state index contributed by atoms with van der Waals surface area (Å²) in [7, 11) is 6.84. The molecule has 0 bridgehead atoms. The number of carbonyl (C=O) groups is 4. The molecule has 0 radical (unpaired) electrons. The van der Waals surface area contributed by atoms with Crippen molar-refractivity contribution in [2.24, 2.45) is 28.2 Å². The Morgan fingerprint density at radius 2 is 1.58 bits per heavy atom. The van der Waals surface area contributed by atoms with Crippen molar-refractivity contribution in [3.05, 3.63) is 66.5 Å². The van der Waals surface area contributed by atoms with Crippen LogP contribution in [-0.2, 0) is 33.0 Å². The van der Waals surface area contributed by atoms with Crippen LogP contribution in [0.4, 0.5) is 17.3 Å². The maximum atomic E-state index is 12.6. The van der Waals surface area contributed by atoms with Crippen molar-refractivity contribution in [3.63, 3.8) is 0 Å². The molecule has 4 amide bonds. The van der Waals surface area contributed by atoms with Crippen LogP contribution in [0, 0.1) is 0 Å². The molecular weight excluding hydrogens is 492 g/mol. The lowest BCUT2D eigenvalue weighted by Gasteiger charge is -2.09. The molecule has 14 nitrogen and oxygen atoms in total. The summed E-state index contributed by atoms with van der Waals surface area (Å²) in [4.78, 5) is 58.0. The fourth-order valence-corrected chi connectivity index (χ4v) is 3.71. The van der Waals surface area contributed by atoms with Crippen molar-refractivity contribution in [2.75, 3.05) is 22.5 Å². The molecule has 198 valence electrons. The predicted molar refractivity (Wildman–Crippen MR) is 139 cm³/mol. The van der Waals surface area contributed by atoms with Gasteiger partial charge in [-0.15, -0.1) is 0 Å². The van der Waals surface area contributed by atoms with Gasteiger partial charge in [-0.3, -0.25) is 19.2 Å². The first kappa shape index (κ1) is 25.9. The van der Waals surface area contributed by atoms with Gasteiger partial charge in [0.05, 0.1) is 5.69 Å². The minimum absolute atomic E-state index is 0.0129. The van der Waals surface area contributed by atoms with E-state index in [0.29, 0.717) is 17.2 Å². The molecule has 4 heterocycles. The Labute approximate surface area is 217 Å². The number of hydrogen-bond donors (Lipinski definition) is 4. The standard InChI is InChI=1S/C24H28N10O4/c1-31-11-8-15(13-31)27-24(38)21-29-17(14-33(21)3)28-19(35)7-9-26-22(36)16-5-6-18(34(16)4)30-23(37)20-25-10-12-32(20)2/h5-6,8,10-14H,7,9H2,1-4H3,(H,26,36)(H,27,38)(H,28,35)(H,30,37). The molecule has 0 saturated heterocycles. The van der Waals surface area contributed by atoms with Gasteiger partial charge in [0.1, 0.15) is 11.5 Å². The highest BCUT2D eigenvalue weighted by Crippen LogP contribution is 2.14. The minimum atomic E-state index is -0.412. The number of imidazole rings is 2. The normalized spacial score (nSPS) is 10.7. The van der Waals surface area contributed by atoms with E-state index in [2.05, 4.69) is 31.2 Å². The van der Waals surface area contributed by atoms with Crippen molar-refractivity contribution in [1.82, 2.24) is 33.6 Å². The summed E-state index contributed by atoms with van der Waals surface area (Å²) in [6.07, 6.45) is 8.25. The molecule has 38 heavy (non-hydrogen) atoms. The number of anilines is 3. The van der Waals surface area contributed by atoms with E-state index >= 15 is 0 Å². The third-order valence-electron chi connectivity index (χ3n) is 5.69. The van der Waals surface area contributed by atoms with Crippen LogP contribution in [0.15, 0.2) is 49.2 Å². The minimum Gasteiger partial charge on any atom is -0.355 e. The molecule has 4 N–H and O–H groups in total. The third kappa shape index (κ3) is 5.80. The number of rotatable bonds is 9. The molecule has 14 heteroatoms. The maximum absolute atomic E-state index is 12.6. The zero-order valence-corrected chi connectivity index (χ0v) is 21.3. The van der Waals surface area contributed by atoms with Crippen molar-refractivity contribution in [3.8, 4) is 0 Å². The highest BCUT2D eigenvalue weighted by molar-refractivity contribution is 6.03. The van der Waals surface area contributed by atoms with E-state index in [-0.39, 0.29) is 36.3 Å². The fourth-order valence-electron chi connectivity index (χ4n) is 3.71. The number of nitrogens with one attached hydrogen (secondary N) is 4. The van der Waals surface area contributed by atoms with Gasteiger partial charge < -0.3 is 39.5 Å². The maximum Gasteiger partial charge on any atom is 0.292 e. The number of aryl methyl sites for hydroxylation is 3. The summed E-state index contributed by atoms with van der Waals surface area (Å²) in [5.41, 5.74) is 0.932. The van der Waals surface area contributed by atoms with E-state index in [1.807, 2.05) is 7.05 Å². The Kier molecular flexibility index (Phi) is 7.41. The van der Waals surface area contributed by atoms with E-state index in [4.69, 9.17) is 0 Å². The fraction of sp³-hybridized carbons (Fsp3) is 0.250. The smallest absolute Gasteiger partial charge is 0.292 e. The highest BCUT2D eigenvalue weighted by atomic mass is 16.2. The van der Waals surface area contributed by atoms with Gasteiger partial charge in [0.15, 0.2) is 11.6 Å². The zero-order valence-electron chi connectivity index (χ0n) is 21.3. The molecule has 4 aromatic rings. The van der Waals surface area contributed by atoms with Crippen molar-refractivity contribution in [1.29, 1.82) is 0 Å². The van der Waals surface area contributed by atoms with Gasteiger partial charge in [0.2, 0.25) is 11.7 Å². The average molecular weight is 521 g/mol. The van der Waals surface area contributed by atoms with Gasteiger partial charge in [-0.1, -0.05) is 0 Å². The second-order valence-corrected chi connectivity index (χ2v) is 8.61. The van der Waals surface area contributed by atoms with Crippen LogP contribution in [0.5, 0.6) is 0 Å². The van der Waals surface area contributed by atoms with Crippen LogP contribution in [0.25, 0.3) is 0 Å². The third-order valence-corrected chi connectivity index (χ3v) is 5.69. The summed E-state index contributed by atoms with van der Waals surface area (Å²) in [5.74, 6) is -0.598. The Morgan fingerprint density at radius 1 is 0.816 bits per heavy atom. The number of nitrogens with zero attached hydrogens (tertiary/aromatic N) is 6. The van der Waals surface area contributed by atoms with E-state index < -0.39 is 17.7 Å². The molecule has 4 rings (SSSR count). The summed E-state index contributed by atoms with van der Waals surface area (Å²) in [6, 6.07) is 4.93. The van der Waals surface area contributed by atoms with Crippen LogP contribution in [0.2, 0.25) is 0 Å². The summed E-state index contributed by atoms with van der Waals surface area (Å²) >= 11 is 0. The summed E-state index contributed by atoms with van der Waals surface area (Å²) in [5, 5.41) is 10.8. The number of amides is 4. The summed E-state index contributed by atoms with van der Waals surface area (Å²) in [6.45, 7) is 0.0684. The average Bonchev–Trinajstić information content (AvgIpc) is 3.63. The quantitative estimate of drug-likeness (QED) is 0.258. The monoisotopic (exact) mass is 520 g/mol. The lowest BCUT2D eigenvalue weighted by atomic mass is 10.3. The summed E-state index contributed by atoms with van der Waals surface area (Å²) < 4.78 is 6.43.